The molecule has 3 aromatic heterocycles. The Kier molecular flexibility index (Phi) is 8.53. The Morgan fingerprint density at radius 3 is 2.56 bits per heavy atom. The average Bonchev–Trinajstić information content (AvgIpc) is 3.30. The van der Waals surface area contributed by atoms with Gasteiger partial charge < -0.3 is 16.4 Å². The van der Waals surface area contributed by atoms with E-state index in [0.29, 0.717) is 16.9 Å². The van der Waals surface area contributed by atoms with Crippen molar-refractivity contribution in [3.05, 3.63) is 57.0 Å². The Morgan fingerprint density at radius 1 is 1.11 bits per heavy atom. The third-order valence-corrected chi connectivity index (χ3v) is 6.22. The van der Waals surface area contributed by atoms with Crippen molar-refractivity contribution in [2.75, 3.05) is 17.2 Å². The molecule has 0 saturated carbocycles. The SMILES string of the molecule is CC(CC(=O)c1cc(NCCC(N)=O)ncn1)c1ncc(C(=O)Nc2cc(C(F)(F)F)c(Cl)cn2)s1. The third kappa shape index (κ3) is 7.18. The number of primary amides is 1. The van der Waals surface area contributed by atoms with E-state index in [-0.39, 0.29) is 47.5 Å². The number of amides is 2. The van der Waals surface area contributed by atoms with Crippen LogP contribution in [0, 0.1) is 0 Å². The molecule has 3 rings (SSSR count). The zero-order valence-electron chi connectivity index (χ0n) is 18.6. The van der Waals surface area contributed by atoms with Gasteiger partial charge in [-0.3, -0.25) is 14.4 Å². The lowest BCUT2D eigenvalue weighted by Crippen LogP contribution is -2.16. The fourth-order valence-corrected chi connectivity index (χ4v) is 3.99. The summed E-state index contributed by atoms with van der Waals surface area (Å²) in [6.45, 7) is 1.99. The van der Waals surface area contributed by atoms with Crippen LogP contribution in [0.1, 0.15) is 56.4 Å². The first kappa shape index (κ1) is 26.9. The minimum absolute atomic E-state index is 0.0278. The van der Waals surface area contributed by atoms with E-state index in [9.17, 15) is 27.6 Å². The van der Waals surface area contributed by atoms with Crippen molar-refractivity contribution in [2.45, 2.75) is 31.9 Å². The number of carbonyl (C=O) groups excluding carboxylic acids is 3. The smallest absolute Gasteiger partial charge is 0.370 e. The summed E-state index contributed by atoms with van der Waals surface area (Å²) in [7, 11) is 0. The van der Waals surface area contributed by atoms with Crippen LogP contribution >= 0.6 is 22.9 Å². The topological polar surface area (TPSA) is 153 Å². The number of rotatable bonds is 10. The molecule has 4 N–H and O–H groups in total. The monoisotopic (exact) mass is 541 g/mol. The van der Waals surface area contributed by atoms with Crippen LogP contribution in [-0.4, -0.2) is 44.1 Å². The third-order valence-electron chi connectivity index (χ3n) is 4.69. The molecule has 0 saturated heterocycles. The molecule has 10 nitrogen and oxygen atoms in total. The first-order valence-electron chi connectivity index (χ1n) is 10.3. The molecule has 36 heavy (non-hydrogen) atoms. The van der Waals surface area contributed by atoms with Gasteiger partial charge in [-0.15, -0.1) is 11.3 Å². The van der Waals surface area contributed by atoms with Crippen molar-refractivity contribution in [1.29, 1.82) is 0 Å². The van der Waals surface area contributed by atoms with Crippen LogP contribution in [0.3, 0.4) is 0 Å². The highest BCUT2D eigenvalue weighted by atomic mass is 35.5. The van der Waals surface area contributed by atoms with E-state index in [1.165, 1.54) is 18.6 Å². The lowest BCUT2D eigenvalue weighted by atomic mass is 10.0. The number of ketones is 1. The summed E-state index contributed by atoms with van der Waals surface area (Å²) in [6.07, 6.45) is -1.30. The maximum Gasteiger partial charge on any atom is 0.418 e. The van der Waals surface area contributed by atoms with Crippen molar-refractivity contribution in [3.8, 4) is 0 Å². The minimum Gasteiger partial charge on any atom is -0.370 e. The zero-order chi connectivity index (χ0) is 26.5. The summed E-state index contributed by atoms with van der Waals surface area (Å²) < 4.78 is 39.1. The zero-order valence-corrected chi connectivity index (χ0v) is 20.2. The summed E-state index contributed by atoms with van der Waals surface area (Å²) in [5, 5.41) is 5.05. The number of halogens is 4. The highest BCUT2D eigenvalue weighted by Crippen LogP contribution is 2.35. The van der Waals surface area contributed by atoms with E-state index >= 15 is 0 Å². The second kappa shape index (κ2) is 11.4. The predicted molar refractivity (Wildman–Crippen MR) is 126 cm³/mol. The lowest BCUT2D eigenvalue weighted by Gasteiger charge is -2.10. The molecule has 1 unspecified atom stereocenters. The molecule has 2 amide bonds. The van der Waals surface area contributed by atoms with E-state index in [0.717, 1.165) is 17.5 Å². The van der Waals surface area contributed by atoms with Gasteiger partial charge in [0.15, 0.2) is 5.78 Å². The summed E-state index contributed by atoms with van der Waals surface area (Å²) in [4.78, 5) is 51.9. The van der Waals surface area contributed by atoms with Crippen molar-refractivity contribution in [1.82, 2.24) is 19.9 Å². The largest absolute Gasteiger partial charge is 0.418 e. The highest BCUT2D eigenvalue weighted by Gasteiger charge is 2.34. The van der Waals surface area contributed by atoms with Crippen LogP contribution < -0.4 is 16.4 Å². The summed E-state index contributed by atoms with van der Waals surface area (Å²) >= 11 is 6.54. The number of nitrogens with one attached hydrogen (secondary N) is 2. The standard InChI is InChI=1S/C21H19ClF3N7O3S/c1-10(4-14(33)13-6-17(31-9-30-13)27-3-2-16(26)34)20-29-8-15(36-20)19(35)32-18-5-11(21(23,24)25)12(22)7-28-18/h5-10H,2-4H2,1H3,(H2,26,34)(H,27,30,31)(H,28,32,35). The molecule has 190 valence electrons. The molecule has 15 heteroatoms. The van der Waals surface area contributed by atoms with Crippen molar-refractivity contribution in [3.63, 3.8) is 0 Å². The van der Waals surface area contributed by atoms with Gasteiger partial charge in [0.05, 0.1) is 21.8 Å². The van der Waals surface area contributed by atoms with Gasteiger partial charge in [0.25, 0.3) is 5.91 Å². The molecule has 3 heterocycles. The van der Waals surface area contributed by atoms with Gasteiger partial charge in [-0.05, 0) is 6.07 Å². The molecule has 1 atom stereocenters. The molecular formula is C21H19ClF3N7O3S. The van der Waals surface area contributed by atoms with E-state index in [4.69, 9.17) is 17.3 Å². The molecular weight excluding hydrogens is 523 g/mol. The first-order chi connectivity index (χ1) is 16.9. The van der Waals surface area contributed by atoms with Crippen LogP contribution in [0.25, 0.3) is 0 Å². The van der Waals surface area contributed by atoms with Gasteiger partial charge in [0.2, 0.25) is 5.91 Å². The average molecular weight is 542 g/mol. The molecule has 0 radical (unpaired) electrons. The van der Waals surface area contributed by atoms with Crippen molar-refractivity contribution >= 4 is 52.2 Å². The maximum atomic E-state index is 13.0. The molecule has 0 aliphatic carbocycles. The summed E-state index contributed by atoms with van der Waals surface area (Å²) in [5.74, 6) is -1.82. The number of carbonyl (C=O) groups is 3. The number of Topliss-reactive ketones (excluding diaryl/α,β-unsaturated/α-hetero) is 1. The number of nitrogens with two attached hydrogens (primary N) is 1. The van der Waals surface area contributed by atoms with E-state index in [1.54, 1.807) is 6.92 Å². The molecule has 0 aliphatic heterocycles. The molecule has 0 bridgehead atoms. The number of pyridine rings is 1. The van der Waals surface area contributed by atoms with Gasteiger partial charge in [0.1, 0.15) is 28.5 Å². The van der Waals surface area contributed by atoms with Crippen LogP contribution in [0.2, 0.25) is 5.02 Å². The van der Waals surface area contributed by atoms with Crippen LogP contribution in [0.4, 0.5) is 24.8 Å². The minimum atomic E-state index is -4.71. The summed E-state index contributed by atoms with van der Waals surface area (Å²) in [5.41, 5.74) is 4.12. The highest BCUT2D eigenvalue weighted by molar-refractivity contribution is 7.13. The predicted octanol–water partition coefficient (Wildman–Crippen LogP) is 3.92. The van der Waals surface area contributed by atoms with E-state index < -0.39 is 28.6 Å². The molecule has 0 spiro atoms. The van der Waals surface area contributed by atoms with Gasteiger partial charge in [-0.25, -0.2) is 19.9 Å². The number of hydrogen-bond donors (Lipinski definition) is 3. The number of hydrogen-bond acceptors (Lipinski definition) is 9. The quantitative estimate of drug-likeness (QED) is 0.326. The Balaban J connectivity index is 1.63. The number of alkyl halides is 3. The van der Waals surface area contributed by atoms with Crippen molar-refractivity contribution in [2.24, 2.45) is 5.73 Å². The Bertz CT molecular complexity index is 1290. The number of nitrogens with zero attached hydrogens (tertiary/aromatic N) is 4. The van der Waals surface area contributed by atoms with Crippen molar-refractivity contribution < 1.29 is 27.6 Å². The fourth-order valence-electron chi connectivity index (χ4n) is 2.91. The van der Waals surface area contributed by atoms with Gasteiger partial charge in [0, 0.05) is 37.6 Å². The number of anilines is 2. The Morgan fingerprint density at radius 2 is 1.86 bits per heavy atom. The molecule has 0 aliphatic rings. The Labute approximate surface area is 211 Å². The van der Waals surface area contributed by atoms with E-state index in [2.05, 4.69) is 30.6 Å². The lowest BCUT2D eigenvalue weighted by molar-refractivity contribution is -0.137. The fraction of sp³-hybridized carbons (Fsp3) is 0.286. The molecule has 0 fully saturated rings. The second-order valence-corrected chi connectivity index (χ2v) is 8.99. The number of aromatic nitrogens is 4. The molecule has 3 aromatic rings. The van der Waals surface area contributed by atoms with Crippen LogP contribution in [-0.2, 0) is 11.0 Å². The van der Waals surface area contributed by atoms with Crippen LogP contribution in [0.5, 0.6) is 0 Å². The van der Waals surface area contributed by atoms with Gasteiger partial charge in [-0.1, -0.05) is 18.5 Å². The molecule has 0 aromatic carbocycles. The normalized spacial score (nSPS) is 12.1. The number of thiazole rings is 1. The first-order valence-corrected chi connectivity index (χ1v) is 11.5. The summed E-state index contributed by atoms with van der Waals surface area (Å²) in [6, 6.07) is 2.09. The second-order valence-electron chi connectivity index (χ2n) is 7.52. The van der Waals surface area contributed by atoms with Crippen LogP contribution in [0.15, 0.2) is 30.9 Å². The Hall–Kier alpha value is -3.65. The van der Waals surface area contributed by atoms with Gasteiger partial charge >= 0.3 is 6.18 Å². The van der Waals surface area contributed by atoms with E-state index in [1.807, 2.05) is 0 Å². The van der Waals surface area contributed by atoms with Gasteiger partial charge in [-0.2, -0.15) is 13.2 Å². The maximum absolute atomic E-state index is 13.0.